The van der Waals surface area contributed by atoms with E-state index in [1.165, 1.54) is 25.7 Å². The Morgan fingerprint density at radius 3 is 2.85 bits per heavy atom. The maximum absolute atomic E-state index is 13.9. The molecule has 1 saturated carbocycles. The van der Waals surface area contributed by atoms with Crippen LogP contribution >= 0.6 is 15.9 Å². The van der Waals surface area contributed by atoms with E-state index in [2.05, 4.69) is 27.8 Å². The Kier molecular flexibility index (Phi) is 3.71. The lowest BCUT2D eigenvalue weighted by Gasteiger charge is -2.24. The van der Waals surface area contributed by atoms with E-state index in [1.807, 2.05) is 4.57 Å². The van der Waals surface area contributed by atoms with Crippen molar-refractivity contribution in [2.75, 3.05) is 5.73 Å². The molecule has 2 N–H and O–H groups in total. The first-order valence-electron chi connectivity index (χ1n) is 7.20. The van der Waals surface area contributed by atoms with Gasteiger partial charge in [-0.2, -0.15) is 0 Å². The zero-order valence-electron chi connectivity index (χ0n) is 11.6. The van der Waals surface area contributed by atoms with Crippen LogP contribution in [0.4, 0.5) is 10.3 Å². The van der Waals surface area contributed by atoms with Crippen molar-refractivity contribution in [2.45, 2.75) is 45.1 Å². The molecule has 108 valence electrons. The molecule has 1 aromatic carbocycles. The second-order valence-electron chi connectivity index (χ2n) is 5.78. The van der Waals surface area contributed by atoms with Gasteiger partial charge in [0.2, 0.25) is 5.95 Å². The number of nitrogens with two attached hydrogens (primary N) is 1. The monoisotopic (exact) mass is 339 g/mol. The lowest BCUT2D eigenvalue weighted by Crippen LogP contribution is -2.18. The van der Waals surface area contributed by atoms with Crippen molar-refractivity contribution in [2.24, 2.45) is 5.92 Å². The number of aromatic nitrogens is 2. The number of anilines is 1. The minimum atomic E-state index is -0.264. The van der Waals surface area contributed by atoms with Crippen LogP contribution in [-0.2, 0) is 0 Å². The van der Waals surface area contributed by atoms with Gasteiger partial charge in [-0.3, -0.25) is 0 Å². The molecular weight excluding hydrogens is 321 g/mol. The number of hydrogen-bond acceptors (Lipinski definition) is 2. The smallest absolute Gasteiger partial charge is 0.201 e. The van der Waals surface area contributed by atoms with Crippen LogP contribution in [0.5, 0.6) is 0 Å². The molecule has 0 radical (unpaired) electrons. The van der Waals surface area contributed by atoms with Crippen molar-refractivity contribution in [1.29, 1.82) is 0 Å². The Hall–Kier alpha value is -1.10. The highest BCUT2D eigenvalue weighted by Crippen LogP contribution is 2.37. The molecule has 0 saturated heterocycles. The highest BCUT2D eigenvalue weighted by Gasteiger charge is 2.25. The molecule has 2 unspecified atom stereocenters. The fraction of sp³-hybridized carbons (Fsp3) is 0.533. The molecule has 1 heterocycles. The van der Waals surface area contributed by atoms with Gasteiger partial charge in [-0.05, 0) is 40.8 Å². The van der Waals surface area contributed by atoms with Crippen LogP contribution in [0.1, 0.15) is 45.1 Å². The molecule has 2 aromatic rings. The van der Waals surface area contributed by atoms with Crippen molar-refractivity contribution in [3.8, 4) is 0 Å². The maximum atomic E-state index is 13.9. The number of halogens is 2. The number of fused-ring (bicyclic) bond motifs is 1. The van der Waals surface area contributed by atoms with Gasteiger partial charge in [-0.15, -0.1) is 0 Å². The van der Waals surface area contributed by atoms with E-state index in [1.54, 1.807) is 12.1 Å². The van der Waals surface area contributed by atoms with Crippen LogP contribution in [0.3, 0.4) is 0 Å². The van der Waals surface area contributed by atoms with Gasteiger partial charge < -0.3 is 10.3 Å². The van der Waals surface area contributed by atoms with E-state index in [0.717, 1.165) is 17.5 Å². The van der Waals surface area contributed by atoms with Crippen molar-refractivity contribution >= 4 is 32.9 Å². The average Bonchev–Trinajstić information content (AvgIpc) is 2.58. The highest BCUT2D eigenvalue weighted by atomic mass is 79.9. The van der Waals surface area contributed by atoms with Crippen LogP contribution in [0.25, 0.3) is 11.0 Å². The Bertz CT molecular complexity index is 638. The fourth-order valence-electron chi connectivity index (χ4n) is 3.31. The van der Waals surface area contributed by atoms with Crippen LogP contribution < -0.4 is 5.73 Å². The summed E-state index contributed by atoms with van der Waals surface area (Å²) in [7, 11) is 0. The maximum Gasteiger partial charge on any atom is 0.201 e. The third kappa shape index (κ3) is 2.32. The average molecular weight is 340 g/mol. The molecule has 0 spiro atoms. The van der Waals surface area contributed by atoms with E-state index in [0.29, 0.717) is 22.4 Å². The molecule has 5 heteroatoms. The van der Waals surface area contributed by atoms with Gasteiger partial charge in [-0.25, -0.2) is 9.37 Å². The predicted octanol–water partition coefficient (Wildman–Crippen LogP) is 4.66. The summed E-state index contributed by atoms with van der Waals surface area (Å²) in [4.78, 5) is 4.40. The lowest BCUT2D eigenvalue weighted by molar-refractivity contribution is 0.344. The van der Waals surface area contributed by atoms with Crippen LogP contribution in [0, 0.1) is 11.7 Å². The SMILES string of the molecule is CC1CCCCCC1n1c(N)nc2cc(Br)c(F)cc21. The molecule has 1 aromatic heterocycles. The van der Waals surface area contributed by atoms with Crippen LogP contribution in [0.15, 0.2) is 16.6 Å². The number of imidazole rings is 1. The normalized spacial score (nSPS) is 23.9. The van der Waals surface area contributed by atoms with Gasteiger partial charge in [0.15, 0.2) is 0 Å². The molecule has 1 fully saturated rings. The van der Waals surface area contributed by atoms with Gasteiger partial charge in [-0.1, -0.05) is 26.2 Å². The summed E-state index contributed by atoms with van der Waals surface area (Å²) < 4.78 is 16.3. The molecule has 0 amide bonds. The molecule has 0 aliphatic heterocycles. The summed E-state index contributed by atoms with van der Waals surface area (Å²) in [5.41, 5.74) is 7.68. The summed E-state index contributed by atoms with van der Waals surface area (Å²) in [5.74, 6) is 0.778. The second kappa shape index (κ2) is 5.35. The third-order valence-electron chi connectivity index (χ3n) is 4.41. The first-order valence-corrected chi connectivity index (χ1v) is 7.99. The number of benzene rings is 1. The van der Waals surface area contributed by atoms with Gasteiger partial charge >= 0.3 is 0 Å². The molecule has 1 aliphatic carbocycles. The fourth-order valence-corrected chi connectivity index (χ4v) is 3.65. The standard InChI is InChI=1S/C15H19BrFN3/c1-9-5-3-2-4-6-13(9)20-14-8-11(17)10(16)7-12(14)19-15(20)18/h7-9,13H,2-6H2,1H3,(H2,18,19). The topological polar surface area (TPSA) is 43.8 Å². The van der Waals surface area contributed by atoms with Crippen molar-refractivity contribution in [1.82, 2.24) is 9.55 Å². The Labute approximate surface area is 126 Å². The van der Waals surface area contributed by atoms with Gasteiger partial charge in [0.05, 0.1) is 15.5 Å². The lowest BCUT2D eigenvalue weighted by atomic mass is 9.96. The van der Waals surface area contributed by atoms with Gasteiger partial charge in [0.25, 0.3) is 0 Å². The summed E-state index contributed by atoms with van der Waals surface area (Å²) in [6.07, 6.45) is 6.03. The largest absolute Gasteiger partial charge is 0.369 e. The zero-order chi connectivity index (χ0) is 14.3. The van der Waals surface area contributed by atoms with Crippen molar-refractivity contribution in [3.05, 3.63) is 22.4 Å². The molecule has 3 rings (SSSR count). The summed E-state index contributed by atoms with van der Waals surface area (Å²) in [5, 5.41) is 0. The molecule has 0 bridgehead atoms. The first kappa shape index (κ1) is 13.9. The Balaban J connectivity index is 2.14. The minimum absolute atomic E-state index is 0.264. The third-order valence-corrected chi connectivity index (χ3v) is 5.01. The van der Waals surface area contributed by atoms with E-state index in [-0.39, 0.29) is 5.82 Å². The van der Waals surface area contributed by atoms with Gasteiger partial charge in [0.1, 0.15) is 5.82 Å². The number of nitrogen functional groups attached to an aromatic ring is 1. The summed E-state index contributed by atoms with van der Waals surface area (Å²) in [6, 6.07) is 3.57. The summed E-state index contributed by atoms with van der Waals surface area (Å²) >= 11 is 3.21. The number of hydrogen-bond donors (Lipinski definition) is 1. The number of nitrogens with zero attached hydrogens (tertiary/aromatic N) is 2. The molecule has 1 aliphatic rings. The minimum Gasteiger partial charge on any atom is -0.369 e. The van der Waals surface area contributed by atoms with Crippen molar-refractivity contribution in [3.63, 3.8) is 0 Å². The summed E-state index contributed by atoms with van der Waals surface area (Å²) in [6.45, 7) is 2.26. The highest BCUT2D eigenvalue weighted by molar-refractivity contribution is 9.10. The first-order chi connectivity index (χ1) is 9.58. The quantitative estimate of drug-likeness (QED) is 0.767. The molecule has 2 atom stereocenters. The Morgan fingerprint density at radius 2 is 2.05 bits per heavy atom. The van der Waals surface area contributed by atoms with Crippen LogP contribution in [-0.4, -0.2) is 9.55 Å². The van der Waals surface area contributed by atoms with E-state index < -0.39 is 0 Å². The molecular formula is C15H19BrFN3. The molecule has 3 nitrogen and oxygen atoms in total. The van der Waals surface area contributed by atoms with Crippen molar-refractivity contribution < 1.29 is 4.39 Å². The number of rotatable bonds is 1. The Morgan fingerprint density at radius 1 is 1.30 bits per heavy atom. The van der Waals surface area contributed by atoms with E-state index in [4.69, 9.17) is 5.73 Å². The molecule has 20 heavy (non-hydrogen) atoms. The second-order valence-corrected chi connectivity index (χ2v) is 6.63. The zero-order valence-corrected chi connectivity index (χ0v) is 13.2. The van der Waals surface area contributed by atoms with E-state index >= 15 is 0 Å². The van der Waals surface area contributed by atoms with E-state index in [9.17, 15) is 4.39 Å². The predicted molar refractivity (Wildman–Crippen MR) is 83.1 cm³/mol. The van der Waals surface area contributed by atoms with Gasteiger partial charge in [0, 0.05) is 12.1 Å². The van der Waals surface area contributed by atoms with Crippen LogP contribution in [0.2, 0.25) is 0 Å².